The van der Waals surface area contributed by atoms with Crippen molar-refractivity contribution in [3.8, 4) is 0 Å². The first-order valence-electron chi connectivity index (χ1n) is 7.83. The second-order valence-electron chi connectivity index (χ2n) is 6.30. The predicted octanol–water partition coefficient (Wildman–Crippen LogP) is 2.60. The summed E-state index contributed by atoms with van der Waals surface area (Å²) in [5.74, 6) is 0. The molecular weight excluding hydrogens is 298 g/mol. The van der Waals surface area contributed by atoms with Crippen LogP contribution in [0.3, 0.4) is 0 Å². The predicted molar refractivity (Wildman–Crippen MR) is 90.6 cm³/mol. The zero-order valence-corrected chi connectivity index (χ0v) is 14.6. The molecule has 0 unspecified atom stereocenters. The molecule has 2 rings (SSSR count). The first kappa shape index (κ1) is 17.2. The summed E-state index contributed by atoms with van der Waals surface area (Å²) < 4.78 is 0. The normalized spacial score (nSPS) is 18.5. The topological polar surface area (TPSA) is 47.0 Å². The van der Waals surface area contributed by atoms with E-state index in [4.69, 9.17) is 5.11 Å². The lowest BCUT2D eigenvalue weighted by Gasteiger charge is -2.45. The summed E-state index contributed by atoms with van der Waals surface area (Å²) in [6.07, 6.45) is 2.32. The first-order chi connectivity index (χ1) is 10.5. The highest BCUT2D eigenvalue weighted by Crippen LogP contribution is 2.39. The van der Waals surface area contributed by atoms with E-state index < -0.39 is 6.09 Å². The Morgan fingerprint density at radius 1 is 1.36 bits per heavy atom. The number of hydrogen-bond acceptors (Lipinski definition) is 4. The van der Waals surface area contributed by atoms with Crippen molar-refractivity contribution in [2.75, 3.05) is 47.3 Å². The van der Waals surface area contributed by atoms with Gasteiger partial charge in [-0.25, -0.2) is 4.79 Å². The molecule has 1 aliphatic heterocycles. The molecule has 5 nitrogen and oxygen atoms in total. The molecule has 1 saturated heterocycles. The second-order valence-corrected chi connectivity index (χ2v) is 7.25. The lowest BCUT2D eigenvalue weighted by molar-refractivity contribution is 0.0553. The van der Waals surface area contributed by atoms with E-state index in [0.717, 1.165) is 38.9 Å². The average Bonchev–Trinajstić information content (AvgIpc) is 3.02. The lowest BCUT2D eigenvalue weighted by Crippen LogP contribution is -2.50. The Morgan fingerprint density at radius 3 is 2.55 bits per heavy atom. The number of piperidine rings is 1. The van der Waals surface area contributed by atoms with Crippen LogP contribution in [0.15, 0.2) is 17.5 Å². The van der Waals surface area contributed by atoms with E-state index in [2.05, 4.69) is 41.4 Å². The third kappa shape index (κ3) is 3.80. The summed E-state index contributed by atoms with van der Waals surface area (Å²) >= 11 is 1.85. The third-order valence-electron chi connectivity index (χ3n) is 4.81. The van der Waals surface area contributed by atoms with Gasteiger partial charge in [-0.1, -0.05) is 6.07 Å². The number of amides is 1. The van der Waals surface area contributed by atoms with Crippen LogP contribution in [0.5, 0.6) is 0 Å². The summed E-state index contributed by atoms with van der Waals surface area (Å²) in [5, 5.41) is 11.0. The molecule has 1 aromatic rings. The van der Waals surface area contributed by atoms with Crippen LogP contribution < -0.4 is 0 Å². The number of nitrogens with zero attached hydrogens (tertiary/aromatic N) is 3. The van der Waals surface area contributed by atoms with Gasteiger partial charge in [-0.05, 0) is 51.3 Å². The minimum Gasteiger partial charge on any atom is -0.465 e. The van der Waals surface area contributed by atoms with E-state index in [9.17, 15) is 4.79 Å². The number of thiophene rings is 1. The van der Waals surface area contributed by atoms with Gasteiger partial charge in [-0.15, -0.1) is 11.3 Å². The molecule has 1 amide bonds. The third-order valence-corrected chi connectivity index (χ3v) is 5.88. The minimum atomic E-state index is -0.844. The van der Waals surface area contributed by atoms with Crippen LogP contribution in [0.2, 0.25) is 0 Å². The molecule has 1 aromatic heterocycles. The SMILES string of the molecule is CN(CCCN1CCC(c2cccs2)(N(C)C)CC1)C(=O)O. The molecule has 0 atom stereocenters. The Kier molecular flexibility index (Phi) is 5.83. The highest BCUT2D eigenvalue weighted by Gasteiger charge is 2.38. The molecule has 0 aliphatic carbocycles. The number of likely N-dealkylation sites (tertiary alicyclic amines) is 1. The van der Waals surface area contributed by atoms with Crippen molar-refractivity contribution in [3.63, 3.8) is 0 Å². The van der Waals surface area contributed by atoms with Crippen molar-refractivity contribution in [1.82, 2.24) is 14.7 Å². The molecule has 124 valence electrons. The van der Waals surface area contributed by atoms with Crippen molar-refractivity contribution >= 4 is 17.4 Å². The maximum Gasteiger partial charge on any atom is 0.407 e. The maximum absolute atomic E-state index is 10.8. The molecule has 0 saturated carbocycles. The molecule has 0 spiro atoms. The van der Waals surface area contributed by atoms with Gasteiger partial charge in [0.2, 0.25) is 0 Å². The summed E-state index contributed by atoms with van der Waals surface area (Å²) in [6.45, 7) is 3.74. The molecule has 0 bridgehead atoms. The Balaban J connectivity index is 1.85. The Labute approximate surface area is 137 Å². The second kappa shape index (κ2) is 7.44. The van der Waals surface area contributed by atoms with Crippen LogP contribution >= 0.6 is 11.3 Å². The van der Waals surface area contributed by atoms with Crippen LogP contribution in [-0.2, 0) is 5.54 Å². The van der Waals surface area contributed by atoms with Gasteiger partial charge >= 0.3 is 6.09 Å². The van der Waals surface area contributed by atoms with Crippen molar-refractivity contribution in [3.05, 3.63) is 22.4 Å². The zero-order chi connectivity index (χ0) is 16.2. The summed E-state index contributed by atoms with van der Waals surface area (Å²) in [5.41, 5.74) is 0.169. The number of carbonyl (C=O) groups is 1. The Bertz CT molecular complexity index is 468. The van der Waals surface area contributed by atoms with Crippen LogP contribution in [0.4, 0.5) is 4.79 Å². The van der Waals surface area contributed by atoms with Gasteiger partial charge in [-0.2, -0.15) is 0 Å². The van der Waals surface area contributed by atoms with Crippen molar-refractivity contribution in [1.29, 1.82) is 0 Å². The van der Waals surface area contributed by atoms with Crippen LogP contribution in [-0.4, -0.2) is 73.2 Å². The average molecular weight is 325 g/mol. The smallest absolute Gasteiger partial charge is 0.407 e. The fraction of sp³-hybridized carbons (Fsp3) is 0.688. The van der Waals surface area contributed by atoms with Crippen molar-refractivity contribution in [2.24, 2.45) is 0 Å². The van der Waals surface area contributed by atoms with Gasteiger partial charge < -0.3 is 14.9 Å². The molecule has 1 aliphatic rings. The van der Waals surface area contributed by atoms with E-state index in [1.165, 1.54) is 9.78 Å². The van der Waals surface area contributed by atoms with Crippen LogP contribution in [0, 0.1) is 0 Å². The largest absolute Gasteiger partial charge is 0.465 e. The standard InChI is InChI=1S/C16H27N3O2S/c1-17(2)16(14-6-4-13-22-14)7-11-19(12-8-16)10-5-9-18(3)15(20)21/h4,6,13H,5,7-12H2,1-3H3,(H,20,21). The number of carboxylic acid groups (broad SMARTS) is 1. The van der Waals surface area contributed by atoms with Crippen LogP contribution in [0.25, 0.3) is 0 Å². The zero-order valence-electron chi connectivity index (χ0n) is 13.8. The molecule has 0 aromatic carbocycles. The van der Waals surface area contributed by atoms with Gasteiger partial charge in [-0.3, -0.25) is 4.90 Å². The molecular formula is C16H27N3O2S. The van der Waals surface area contributed by atoms with E-state index in [-0.39, 0.29) is 5.54 Å². The Hall–Kier alpha value is -1.11. The maximum atomic E-state index is 10.8. The van der Waals surface area contributed by atoms with Crippen molar-refractivity contribution < 1.29 is 9.90 Å². The van der Waals surface area contributed by atoms with Gasteiger partial charge in [0.15, 0.2) is 0 Å². The van der Waals surface area contributed by atoms with Crippen LogP contribution in [0.1, 0.15) is 24.1 Å². The van der Waals surface area contributed by atoms with Gasteiger partial charge in [0.05, 0.1) is 5.54 Å². The molecule has 22 heavy (non-hydrogen) atoms. The quantitative estimate of drug-likeness (QED) is 0.873. The van der Waals surface area contributed by atoms with Gasteiger partial charge in [0, 0.05) is 31.6 Å². The Morgan fingerprint density at radius 2 is 2.05 bits per heavy atom. The molecule has 2 heterocycles. The highest BCUT2D eigenvalue weighted by molar-refractivity contribution is 7.10. The van der Waals surface area contributed by atoms with E-state index in [1.54, 1.807) is 7.05 Å². The number of hydrogen-bond donors (Lipinski definition) is 1. The molecule has 6 heteroatoms. The number of rotatable bonds is 6. The minimum absolute atomic E-state index is 0.169. The van der Waals surface area contributed by atoms with Gasteiger partial charge in [0.25, 0.3) is 0 Å². The fourth-order valence-electron chi connectivity index (χ4n) is 3.23. The van der Waals surface area contributed by atoms with E-state index in [0.29, 0.717) is 6.54 Å². The van der Waals surface area contributed by atoms with E-state index >= 15 is 0 Å². The lowest BCUT2D eigenvalue weighted by atomic mass is 9.84. The first-order valence-corrected chi connectivity index (χ1v) is 8.71. The molecule has 0 radical (unpaired) electrons. The molecule has 1 fully saturated rings. The summed E-state index contributed by atoms with van der Waals surface area (Å²) in [7, 11) is 5.99. The van der Waals surface area contributed by atoms with Crippen molar-refractivity contribution in [2.45, 2.75) is 24.8 Å². The molecule has 1 N–H and O–H groups in total. The monoisotopic (exact) mass is 325 g/mol. The highest BCUT2D eigenvalue weighted by atomic mass is 32.1. The van der Waals surface area contributed by atoms with Gasteiger partial charge in [0.1, 0.15) is 0 Å². The summed E-state index contributed by atoms with van der Waals surface area (Å²) in [6, 6.07) is 4.39. The van der Waals surface area contributed by atoms with E-state index in [1.807, 2.05) is 11.3 Å². The fourth-order valence-corrected chi connectivity index (χ4v) is 4.30. The summed E-state index contributed by atoms with van der Waals surface area (Å²) in [4.78, 5) is 18.4.